The molecule has 6 nitrogen and oxygen atoms in total. The minimum atomic E-state index is -2.15. The van der Waals surface area contributed by atoms with Gasteiger partial charge < -0.3 is 9.84 Å². The first-order chi connectivity index (χ1) is 10.9. The van der Waals surface area contributed by atoms with Crippen LogP contribution in [0.15, 0.2) is 30.5 Å². The van der Waals surface area contributed by atoms with E-state index in [9.17, 15) is 19.5 Å². The summed E-state index contributed by atoms with van der Waals surface area (Å²) >= 11 is 0. The van der Waals surface area contributed by atoms with Crippen molar-refractivity contribution >= 4 is 28.6 Å². The summed E-state index contributed by atoms with van der Waals surface area (Å²) < 4.78 is 6.55. The van der Waals surface area contributed by atoms with Gasteiger partial charge in [-0.2, -0.15) is 0 Å². The summed E-state index contributed by atoms with van der Waals surface area (Å²) in [5.41, 5.74) is -2.29. The first kappa shape index (κ1) is 17.9. The SMILES string of the molecule is CC(=O)C(C)(O)C(=O)c1cn(C(=O)OC(C)(C)C)c2ccccc12. The molecule has 0 aliphatic carbocycles. The van der Waals surface area contributed by atoms with Crippen LogP contribution in [0.2, 0.25) is 0 Å². The third-order valence-corrected chi connectivity index (χ3v) is 3.67. The molecule has 0 bridgehead atoms. The minimum absolute atomic E-state index is 0.0941. The molecule has 0 amide bonds. The Morgan fingerprint density at radius 3 is 2.21 bits per heavy atom. The predicted octanol–water partition coefficient (Wildman–Crippen LogP) is 2.95. The molecule has 0 radical (unpaired) electrons. The molecule has 1 N–H and O–H groups in total. The second-order valence-corrected chi connectivity index (χ2v) is 6.87. The number of benzene rings is 1. The summed E-state index contributed by atoms with van der Waals surface area (Å²) in [7, 11) is 0. The fourth-order valence-electron chi connectivity index (χ4n) is 2.24. The van der Waals surface area contributed by atoms with Crippen LogP contribution in [0.25, 0.3) is 10.9 Å². The number of fused-ring (bicyclic) bond motifs is 1. The van der Waals surface area contributed by atoms with Crippen LogP contribution in [-0.4, -0.2) is 38.5 Å². The molecule has 0 saturated carbocycles. The topological polar surface area (TPSA) is 85.6 Å². The van der Waals surface area contributed by atoms with Crippen molar-refractivity contribution in [3.05, 3.63) is 36.0 Å². The number of ketones is 2. The zero-order valence-corrected chi connectivity index (χ0v) is 14.4. The molecule has 24 heavy (non-hydrogen) atoms. The lowest BCUT2D eigenvalue weighted by atomic mass is 9.91. The van der Waals surface area contributed by atoms with Crippen molar-refractivity contribution in [3.63, 3.8) is 0 Å². The minimum Gasteiger partial charge on any atom is -0.443 e. The summed E-state index contributed by atoms with van der Waals surface area (Å²) in [6, 6.07) is 6.75. The zero-order valence-electron chi connectivity index (χ0n) is 14.4. The van der Waals surface area contributed by atoms with Crippen LogP contribution in [-0.2, 0) is 9.53 Å². The number of aromatic nitrogens is 1. The van der Waals surface area contributed by atoms with Gasteiger partial charge in [-0.3, -0.25) is 14.2 Å². The van der Waals surface area contributed by atoms with Crippen LogP contribution >= 0.6 is 0 Å². The number of hydrogen-bond acceptors (Lipinski definition) is 5. The smallest absolute Gasteiger partial charge is 0.419 e. The number of aliphatic hydroxyl groups is 1. The van der Waals surface area contributed by atoms with Gasteiger partial charge in [0.25, 0.3) is 0 Å². The Labute approximate surface area is 140 Å². The van der Waals surface area contributed by atoms with Gasteiger partial charge in [0, 0.05) is 17.1 Å². The summed E-state index contributed by atoms with van der Waals surface area (Å²) in [5.74, 6) is -1.42. The van der Waals surface area contributed by atoms with Crippen molar-refractivity contribution in [1.82, 2.24) is 4.57 Å². The van der Waals surface area contributed by atoms with E-state index >= 15 is 0 Å². The van der Waals surface area contributed by atoms with Crippen molar-refractivity contribution in [1.29, 1.82) is 0 Å². The highest BCUT2D eigenvalue weighted by Crippen LogP contribution is 2.26. The standard InChI is InChI=1S/C18H21NO5/c1-11(20)18(5,23)15(21)13-10-19(16(22)24-17(2,3)4)14-9-7-6-8-12(13)14/h6-10,23H,1-5H3. The molecule has 0 aliphatic heterocycles. The molecule has 1 atom stereocenters. The Morgan fingerprint density at radius 2 is 1.67 bits per heavy atom. The number of ether oxygens (including phenoxy) is 1. The molecule has 2 rings (SSSR count). The van der Waals surface area contributed by atoms with Crippen molar-refractivity contribution in [2.45, 2.75) is 45.8 Å². The molecule has 128 valence electrons. The summed E-state index contributed by atoms with van der Waals surface area (Å²) in [6.07, 6.45) is 0.665. The maximum atomic E-state index is 12.6. The van der Waals surface area contributed by atoms with E-state index in [1.165, 1.54) is 10.8 Å². The highest BCUT2D eigenvalue weighted by Gasteiger charge is 2.38. The number of carbonyl (C=O) groups excluding carboxylic acids is 3. The van der Waals surface area contributed by atoms with E-state index in [0.29, 0.717) is 10.9 Å². The molecular weight excluding hydrogens is 310 g/mol. The van der Waals surface area contributed by atoms with E-state index in [4.69, 9.17) is 4.74 Å². The second kappa shape index (κ2) is 5.87. The third kappa shape index (κ3) is 3.23. The Morgan fingerprint density at radius 1 is 1.08 bits per heavy atom. The molecule has 1 heterocycles. The Hall–Kier alpha value is -2.47. The van der Waals surface area contributed by atoms with Gasteiger partial charge in [-0.15, -0.1) is 0 Å². The Bertz CT molecular complexity index is 824. The zero-order chi connectivity index (χ0) is 18.3. The Balaban J connectivity index is 2.60. The van der Waals surface area contributed by atoms with Crippen LogP contribution < -0.4 is 0 Å². The lowest BCUT2D eigenvalue weighted by Crippen LogP contribution is -2.42. The Kier molecular flexibility index (Phi) is 4.37. The number of nitrogens with zero attached hydrogens (tertiary/aromatic N) is 1. The summed E-state index contributed by atoms with van der Waals surface area (Å²) in [5, 5.41) is 10.7. The van der Waals surface area contributed by atoms with Gasteiger partial charge in [0.05, 0.1) is 5.52 Å². The van der Waals surface area contributed by atoms with E-state index in [1.807, 2.05) is 0 Å². The van der Waals surface area contributed by atoms with Crippen molar-refractivity contribution < 1.29 is 24.2 Å². The highest BCUT2D eigenvalue weighted by molar-refractivity contribution is 6.21. The monoisotopic (exact) mass is 331 g/mol. The molecule has 0 saturated heterocycles. The predicted molar refractivity (Wildman–Crippen MR) is 89.2 cm³/mol. The van der Waals surface area contributed by atoms with Crippen molar-refractivity contribution in [3.8, 4) is 0 Å². The van der Waals surface area contributed by atoms with Crippen molar-refractivity contribution in [2.24, 2.45) is 0 Å². The van der Waals surface area contributed by atoms with Gasteiger partial charge in [-0.1, -0.05) is 18.2 Å². The van der Waals surface area contributed by atoms with E-state index in [-0.39, 0.29) is 5.56 Å². The maximum absolute atomic E-state index is 12.6. The first-order valence-corrected chi connectivity index (χ1v) is 7.57. The van der Waals surface area contributed by atoms with Crippen LogP contribution in [0, 0.1) is 0 Å². The molecule has 2 aromatic rings. The second-order valence-electron chi connectivity index (χ2n) is 6.87. The first-order valence-electron chi connectivity index (χ1n) is 7.57. The fourth-order valence-corrected chi connectivity index (χ4v) is 2.24. The molecule has 1 aromatic heterocycles. The van der Waals surface area contributed by atoms with Gasteiger partial charge in [0.15, 0.2) is 11.4 Å². The van der Waals surface area contributed by atoms with Crippen LogP contribution in [0.1, 0.15) is 45.0 Å². The highest BCUT2D eigenvalue weighted by atomic mass is 16.6. The third-order valence-electron chi connectivity index (χ3n) is 3.67. The molecule has 1 aromatic carbocycles. The molecular formula is C18H21NO5. The maximum Gasteiger partial charge on any atom is 0.419 e. The summed E-state index contributed by atoms with van der Waals surface area (Å²) in [6.45, 7) is 7.51. The van der Waals surface area contributed by atoms with E-state index in [2.05, 4.69) is 0 Å². The largest absolute Gasteiger partial charge is 0.443 e. The van der Waals surface area contributed by atoms with E-state index < -0.39 is 28.9 Å². The van der Waals surface area contributed by atoms with Gasteiger partial charge >= 0.3 is 6.09 Å². The lowest BCUT2D eigenvalue weighted by molar-refractivity contribution is -0.129. The van der Waals surface area contributed by atoms with Crippen LogP contribution in [0.5, 0.6) is 0 Å². The van der Waals surface area contributed by atoms with E-state index in [1.54, 1.807) is 45.0 Å². The number of carbonyl (C=O) groups is 3. The van der Waals surface area contributed by atoms with Crippen LogP contribution in [0.3, 0.4) is 0 Å². The van der Waals surface area contributed by atoms with Gasteiger partial charge in [-0.05, 0) is 40.7 Å². The number of Topliss-reactive ketones (excluding diaryl/α,β-unsaturated/α-hetero) is 2. The molecule has 0 aliphatic rings. The number of hydrogen-bond donors (Lipinski definition) is 1. The molecule has 6 heteroatoms. The van der Waals surface area contributed by atoms with Crippen LogP contribution in [0.4, 0.5) is 4.79 Å². The fraction of sp³-hybridized carbons (Fsp3) is 0.389. The average Bonchev–Trinajstić information content (AvgIpc) is 2.84. The quantitative estimate of drug-likeness (QED) is 0.690. The molecule has 0 fully saturated rings. The summed E-state index contributed by atoms with van der Waals surface area (Å²) in [4.78, 5) is 36.6. The van der Waals surface area contributed by atoms with Gasteiger partial charge in [-0.25, -0.2) is 4.79 Å². The molecule has 1 unspecified atom stereocenters. The lowest BCUT2D eigenvalue weighted by Gasteiger charge is -2.19. The normalized spacial score (nSPS) is 14.2. The van der Waals surface area contributed by atoms with Crippen molar-refractivity contribution in [2.75, 3.05) is 0 Å². The van der Waals surface area contributed by atoms with Gasteiger partial charge in [0.1, 0.15) is 5.60 Å². The average molecular weight is 331 g/mol. The number of rotatable bonds is 3. The van der Waals surface area contributed by atoms with Gasteiger partial charge in [0.2, 0.25) is 5.78 Å². The molecule has 0 spiro atoms. The number of para-hydroxylation sites is 1. The van der Waals surface area contributed by atoms with E-state index in [0.717, 1.165) is 13.8 Å².